The van der Waals surface area contributed by atoms with Gasteiger partial charge in [0.2, 0.25) is 0 Å². The van der Waals surface area contributed by atoms with Crippen LogP contribution in [0.3, 0.4) is 0 Å². The normalized spacial score (nSPS) is 12.4. The minimum atomic E-state index is -0.551. The molecule has 1 unspecified atom stereocenters. The van der Waals surface area contributed by atoms with Gasteiger partial charge in [0, 0.05) is 19.3 Å². The van der Waals surface area contributed by atoms with Gasteiger partial charge in [0.25, 0.3) is 0 Å². The van der Waals surface area contributed by atoms with E-state index in [1.165, 1.54) is 0 Å². The van der Waals surface area contributed by atoms with Gasteiger partial charge < -0.3 is 9.84 Å². The lowest BCUT2D eigenvalue weighted by Gasteiger charge is -2.21. The minimum absolute atomic E-state index is 0.272. The molecule has 2 rings (SSSR count). The molecule has 2 aromatic rings. The van der Waals surface area contributed by atoms with E-state index < -0.39 is 6.10 Å². The van der Waals surface area contributed by atoms with Crippen molar-refractivity contribution in [1.29, 1.82) is 0 Å². The Morgan fingerprint density at radius 3 is 2.73 bits per heavy atom. The zero-order valence-electron chi connectivity index (χ0n) is 12.9. The third-order valence-electron chi connectivity index (χ3n) is 3.29. The van der Waals surface area contributed by atoms with Gasteiger partial charge in [-0.25, -0.2) is 4.98 Å². The number of aliphatic hydroxyl groups is 1. The monoisotopic (exact) mass is 320 g/mol. The molecule has 4 nitrogen and oxygen atoms in total. The molecule has 0 amide bonds. The lowest BCUT2D eigenvalue weighted by molar-refractivity contribution is 0.0741. The SMILES string of the molecule is Cc1ccccc1OCC(O)CN(C)Cc1ccc(Cl)nc1. The summed E-state index contributed by atoms with van der Waals surface area (Å²) in [6, 6.07) is 11.5. The fourth-order valence-electron chi connectivity index (χ4n) is 2.19. The van der Waals surface area contributed by atoms with E-state index in [1.54, 1.807) is 12.3 Å². The summed E-state index contributed by atoms with van der Waals surface area (Å²) in [7, 11) is 1.95. The first kappa shape index (κ1) is 16.7. The highest BCUT2D eigenvalue weighted by molar-refractivity contribution is 6.29. The van der Waals surface area contributed by atoms with Crippen LogP contribution in [0.1, 0.15) is 11.1 Å². The first-order chi connectivity index (χ1) is 10.5. The maximum Gasteiger partial charge on any atom is 0.129 e. The Bertz CT molecular complexity index is 589. The Kier molecular flexibility index (Phi) is 6.19. The topological polar surface area (TPSA) is 45.6 Å². The highest BCUT2D eigenvalue weighted by atomic mass is 35.5. The quantitative estimate of drug-likeness (QED) is 0.797. The highest BCUT2D eigenvalue weighted by Gasteiger charge is 2.10. The van der Waals surface area contributed by atoms with Gasteiger partial charge in [0.05, 0.1) is 0 Å². The van der Waals surface area contributed by atoms with Crippen molar-refractivity contribution in [3.05, 3.63) is 58.9 Å². The molecule has 0 fully saturated rings. The molecule has 0 aliphatic carbocycles. The van der Waals surface area contributed by atoms with E-state index in [2.05, 4.69) is 4.98 Å². The largest absolute Gasteiger partial charge is 0.491 e. The smallest absolute Gasteiger partial charge is 0.129 e. The van der Waals surface area contributed by atoms with Crippen LogP contribution < -0.4 is 4.74 Å². The molecule has 1 aromatic heterocycles. The number of aliphatic hydroxyl groups excluding tert-OH is 1. The van der Waals surface area contributed by atoms with Gasteiger partial charge in [-0.2, -0.15) is 0 Å². The number of benzene rings is 1. The number of halogens is 1. The molecule has 0 saturated heterocycles. The molecular formula is C17H21ClN2O2. The maximum absolute atomic E-state index is 10.1. The van der Waals surface area contributed by atoms with E-state index in [1.807, 2.05) is 49.2 Å². The highest BCUT2D eigenvalue weighted by Crippen LogP contribution is 2.16. The third-order valence-corrected chi connectivity index (χ3v) is 3.51. The first-order valence-electron chi connectivity index (χ1n) is 7.20. The van der Waals surface area contributed by atoms with Crippen molar-refractivity contribution in [2.75, 3.05) is 20.2 Å². The summed E-state index contributed by atoms with van der Waals surface area (Å²) in [4.78, 5) is 6.07. The number of ether oxygens (including phenoxy) is 1. The number of hydrogen-bond donors (Lipinski definition) is 1. The van der Waals surface area contributed by atoms with Crippen LogP contribution in [-0.2, 0) is 6.54 Å². The first-order valence-corrected chi connectivity index (χ1v) is 7.58. The summed E-state index contributed by atoms with van der Waals surface area (Å²) in [6.07, 6.45) is 1.19. The molecule has 118 valence electrons. The number of nitrogens with zero attached hydrogens (tertiary/aromatic N) is 2. The Balaban J connectivity index is 1.77. The number of pyridine rings is 1. The van der Waals surface area contributed by atoms with Gasteiger partial charge in [0.15, 0.2) is 0 Å². The van der Waals surface area contributed by atoms with Crippen molar-refractivity contribution in [3.63, 3.8) is 0 Å². The Morgan fingerprint density at radius 2 is 2.05 bits per heavy atom. The summed E-state index contributed by atoms with van der Waals surface area (Å²) >= 11 is 5.76. The Morgan fingerprint density at radius 1 is 1.27 bits per heavy atom. The van der Waals surface area contributed by atoms with E-state index in [-0.39, 0.29) is 6.61 Å². The van der Waals surface area contributed by atoms with Gasteiger partial charge in [-0.1, -0.05) is 35.9 Å². The number of likely N-dealkylation sites (N-methyl/N-ethyl adjacent to an activating group) is 1. The van der Waals surface area contributed by atoms with Gasteiger partial charge in [-0.3, -0.25) is 4.90 Å². The second kappa shape index (κ2) is 8.13. The average Bonchev–Trinajstić information content (AvgIpc) is 2.49. The number of aryl methyl sites for hydroxylation is 1. The van der Waals surface area contributed by atoms with E-state index in [4.69, 9.17) is 16.3 Å². The zero-order valence-corrected chi connectivity index (χ0v) is 13.6. The van der Waals surface area contributed by atoms with E-state index in [9.17, 15) is 5.11 Å². The number of para-hydroxylation sites is 1. The summed E-state index contributed by atoms with van der Waals surface area (Å²) in [5.41, 5.74) is 2.12. The Labute approximate surface area is 136 Å². The Hall–Kier alpha value is -1.62. The molecule has 22 heavy (non-hydrogen) atoms. The van der Waals surface area contributed by atoms with Crippen molar-refractivity contribution in [1.82, 2.24) is 9.88 Å². The summed E-state index contributed by atoms with van der Waals surface area (Å²) < 4.78 is 5.66. The van der Waals surface area contributed by atoms with Crippen molar-refractivity contribution in [2.45, 2.75) is 19.6 Å². The van der Waals surface area contributed by atoms with Crippen molar-refractivity contribution in [2.24, 2.45) is 0 Å². The fraction of sp³-hybridized carbons (Fsp3) is 0.353. The van der Waals surface area contributed by atoms with E-state index >= 15 is 0 Å². The van der Waals surface area contributed by atoms with Crippen LogP contribution >= 0.6 is 11.6 Å². The van der Waals surface area contributed by atoms with Gasteiger partial charge in [0.1, 0.15) is 23.6 Å². The van der Waals surface area contributed by atoms with Crippen LogP contribution in [-0.4, -0.2) is 41.3 Å². The molecule has 1 atom stereocenters. The third kappa shape index (κ3) is 5.30. The minimum Gasteiger partial charge on any atom is -0.491 e. The van der Waals surface area contributed by atoms with Crippen LogP contribution in [0.15, 0.2) is 42.6 Å². The summed E-state index contributed by atoms with van der Waals surface area (Å²) in [5.74, 6) is 0.811. The summed E-state index contributed by atoms with van der Waals surface area (Å²) in [5, 5.41) is 10.6. The number of rotatable bonds is 7. The predicted molar refractivity (Wildman–Crippen MR) is 88.3 cm³/mol. The van der Waals surface area contributed by atoms with E-state index in [0.717, 1.165) is 16.9 Å². The molecule has 0 saturated carbocycles. The molecule has 1 N–H and O–H groups in total. The van der Waals surface area contributed by atoms with Crippen molar-refractivity contribution in [3.8, 4) is 5.75 Å². The van der Waals surface area contributed by atoms with Crippen LogP contribution in [0.4, 0.5) is 0 Å². The molecule has 5 heteroatoms. The van der Waals surface area contributed by atoms with Crippen molar-refractivity contribution < 1.29 is 9.84 Å². The summed E-state index contributed by atoms with van der Waals surface area (Å²) in [6.45, 7) is 3.48. The molecule has 1 aromatic carbocycles. The molecule has 0 bridgehead atoms. The second-order valence-corrected chi connectivity index (χ2v) is 5.80. The molecule has 0 spiro atoms. The van der Waals surface area contributed by atoms with Crippen LogP contribution in [0.5, 0.6) is 5.75 Å². The molecular weight excluding hydrogens is 300 g/mol. The lowest BCUT2D eigenvalue weighted by atomic mass is 10.2. The lowest BCUT2D eigenvalue weighted by Crippen LogP contribution is -2.32. The van der Waals surface area contributed by atoms with Crippen LogP contribution in [0.2, 0.25) is 5.15 Å². The fourth-order valence-corrected chi connectivity index (χ4v) is 2.30. The van der Waals surface area contributed by atoms with Crippen molar-refractivity contribution >= 4 is 11.6 Å². The number of aromatic nitrogens is 1. The van der Waals surface area contributed by atoms with Crippen LogP contribution in [0, 0.1) is 6.92 Å². The number of hydrogen-bond acceptors (Lipinski definition) is 4. The predicted octanol–water partition coefficient (Wildman–Crippen LogP) is 2.92. The molecule has 0 radical (unpaired) electrons. The maximum atomic E-state index is 10.1. The average molecular weight is 321 g/mol. The standard InChI is InChI=1S/C17H21ClN2O2/c1-13-5-3-4-6-16(13)22-12-15(21)11-20(2)10-14-7-8-17(18)19-9-14/h3-9,15,21H,10-12H2,1-2H3. The molecule has 0 aliphatic heterocycles. The molecule has 1 heterocycles. The molecule has 0 aliphatic rings. The van der Waals surface area contributed by atoms with Crippen LogP contribution in [0.25, 0.3) is 0 Å². The van der Waals surface area contributed by atoms with Gasteiger partial charge in [-0.05, 0) is 37.2 Å². The van der Waals surface area contributed by atoms with Gasteiger partial charge >= 0.3 is 0 Å². The second-order valence-electron chi connectivity index (χ2n) is 5.42. The zero-order chi connectivity index (χ0) is 15.9. The van der Waals surface area contributed by atoms with Gasteiger partial charge in [-0.15, -0.1) is 0 Å². The van der Waals surface area contributed by atoms with E-state index in [0.29, 0.717) is 18.2 Å².